The van der Waals surface area contributed by atoms with Crippen molar-refractivity contribution in [2.45, 2.75) is 27.2 Å². The first kappa shape index (κ1) is 14.2. The predicted octanol–water partition coefficient (Wildman–Crippen LogP) is 3.43. The lowest BCUT2D eigenvalue weighted by atomic mass is 10.1. The maximum absolute atomic E-state index is 11.6. The Morgan fingerprint density at radius 3 is 2.47 bits per heavy atom. The molecule has 0 heterocycles. The van der Waals surface area contributed by atoms with E-state index in [1.165, 1.54) is 0 Å². The minimum atomic E-state index is -0.105. The number of aryl methyl sites for hydroxylation is 2. The minimum absolute atomic E-state index is 0.105. The Kier molecular flexibility index (Phi) is 5.65. The molecular formula is C13H18BrNO2. The SMILES string of the molecule is CCCOCC(=O)Nc1c(C)cc(Br)cc1C. The summed E-state index contributed by atoms with van der Waals surface area (Å²) in [6, 6.07) is 3.96. The standard InChI is InChI=1S/C13H18BrNO2/c1-4-5-17-8-12(16)15-13-9(2)6-11(14)7-10(13)3/h6-7H,4-5,8H2,1-3H3,(H,15,16). The largest absolute Gasteiger partial charge is 0.372 e. The zero-order valence-electron chi connectivity index (χ0n) is 10.5. The van der Waals surface area contributed by atoms with Crippen molar-refractivity contribution in [3.8, 4) is 0 Å². The second kappa shape index (κ2) is 6.77. The molecule has 94 valence electrons. The molecule has 3 nitrogen and oxygen atoms in total. The summed E-state index contributed by atoms with van der Waals surface area (Å²) in [6.07, 6.45) is 0.920. The van der Waals surface area contributed by atoms with Gasteiger partial charge in [0.1, 0.15) is 6.61 Å². The van der Waals surface area contributed by atoms with Crippen LogP contribution in [0.25, 0.3) is 0 Å². The van der Waals surface area contributed by atoms with Gasteiger partial charge in [0.05, 0.1) is 0 Å². The lowest BCUT2D eigenvalue weighted by molar-refractivity contribution is -0.120. The monoisotopic (exact) mass is 299 g/mol. The molecule has 0 saturated carbocycles. The molecule has 0 bridgehead atoms. The molecule has 0 saturated heterocycles. The van der Waals surface area contributed by atoms with Crippen LogP contribution >= 0.6 is 15.9 Å². The van der Waals surface area contributed by atoms with Crippen LogP contribution in [-0.2, 0) is 9.53 Å². The normalized spacial score (nSPS) is 10.4. The van der Waals surface area contributed by atoms with E-state index in [1.54, 1.807) is 0 Å². The number of amides is 1. The number of ether oxygens (including phenoxy) is 1. The maximum Gasteiger partial charge on any atom is 0.250 e. The topological polar surface area (TPSA) is 38.3 Å². The molecule has 0 aliphatic rings. The van der Waals surface area contributed by atoms with Crippen LogP contribution in [-0.4, -0.2) is 19.1 Å². The molecular weight excluding hydrogens is 282 g/mol. The summed E-state index contributed by atoms with van der Waals surface area (Å²) in [6.45, 7) is 6.69. The first-order chi connectivity index (χ1) is 8.04. The molecule has 1 rings (SSSR count). The molecule has 0 atom stereocenters. The van der Waals surface area contributed by atoms with Gasteiger partial charge in [0.2, 0.25) is 5.91 Å². The van der Waals surface area contributed by atoms with Gasteiger partial charge in [-0.2, -0.15) is 0 Å². The van der Waals surface area contributed by atoms with Gasteiger partial charge >= 0.3 is 0 Å². The van der Waals surface area contributed by atoms with Crippen molar-refractivity contribution in [2.75, 3.05) is 18.5 Å². The number of anilines is 1. The summed E-state index contributed by atoms with van der Waals surface area (Å²) in [5, 5.41) is 2.88. The van der Waals surface area contributed by atoms with Crippen LogP contribution < -0.4 is 5.32 Å². The van der Waals surface area contributed by atoms with Gasteiger partial charge in [-0.25, -0.2) is 0 Å². The van der Waals surface area contributed by atoms with E-state index < -0.39 is 0 Å². The van der Waals surface area contributed by atoms with Crippen molar-refractivity contribution in [2.24, 2.45) is 0 Å². The molecule has 0 spiro atoms. The third-order valence-corrected chi connectivity index (χ3v) is 2.80. The van der Waals surface area contributed by atoms with Crippen LogP contribution in [0.3, 0.4) is 0 Å². The lowest BCUT2D eigenvalue weighted by Crippen LogP contribution is -2.19. The molecule has 0 radical (unpaired) electrons. The van der Waals surface area contributed by atoms with Gasteiger partial charge in [-0.3, -0.25) is 4.79 Å². The average Bonchev–Trinajstić information content (AvgIpc) is 2.24. The third kappa shape index (κ3) is 4.48. The van der Waals surface area contributed by atoms with Crippen LogP contribution in [0.1, 0.15) is 24.5 Å². The second-order valence-corrected chi connectivity index (χ2v) is 4.93. The highest BCUT2D eigenvalue weighted by Crippen LogP contribution is 2.24. The van der Waals surface area contributed by atoms with E-state index in [-0.39, 0.29) is 12.5 Å². The Hall–Kier alpha value is -0.870. The smallest absolute Gasteiger partial charge is 0.250 e. The van der Waals surface area contributed by atoms with E-state index in [0.29, 0.717) is 6.61 Å². The summed E-state index contributed by atoms with van der Waals surface area (Å²) in [7, 11) is 0. The predicted molar refractivity (Wildman–Crippen MR) is 73.4 cm³/mol. The quantitative estimate of drug-likeness (QED) is 0.846. The molecule has 0 fully saturated rings. The number of hydrogen-bond donors (Lipinski definition) is 1. The van der Waals surface area contributed by atoms with Gasteiger partial charge in [0.15, 0.2) is 0 Å². The molecule has 1 N–H and O–H groups in total. The fraction of sp³-hybridized carbons (Fsp3) is 0.462. The summed E-state index contributed by atoms with van der Waals surface area (Å²) in [5.41, 5.74) is 2.96. The molecule has 1 aromatic rings. The first-order valence-corrected chi connectivity index (χ1v) is 6.48. The highest BCUT2D eigenvalue weighted by Gasteiger charge is 2.08. The zero-order chi connectivity index (χ0) is 12.8. The van der Waals surface area contributed by atoms with Gasteiger partial charge in [-0.05, 0) is 43.5 Å². The highest BCUT2D eigenvalue weighted by molar-refractivity contribution is 9.10. The van der Waals surface area contributed by atoms with Crippen molar-refractivity contribution < 1.29 is 9.53 Å². The third-order valence-electron chi connectivity index (χ3n) is 2.34. The van der Waals surface area contributed by atoms with E-state index in [0.717, 1.165) is 27.7 Å². The molecule has 0 aliphatic carbocycles. The van der Waals surface area contributed by atoms with Crippen LogP contribution in [0.4, 0.5) is 5.69 Å². The summed E-state index contributed by atoms with van der Waals surface area (Å²) in [5.74, 6) is -0.105. The zero-order valence-corrected chi connectivity index (χ0v) is 12.1. The summed E-state index contributed by atoms with van der Waals surface area (Å²) >= 11 is 3.43. The Bertz CT molecular complexity index is 381. The minimum Gasteiger partial charge on any atom is -0.372 e. The Morgan fingerprint density at radius 1 is 1.35 bits per heavy atom. The second-order valence-electron chi connectivity index (χ2n) is 4.02. The van der Waals surface area contributed by atoms with Gasteiger partial charge in [-0.1, -0.05) is 22.9 Å². The summed E-state index contributed by atoms with van der Waals surface area (Å²) < 4.78 is 6.22. The van der Waals surface area contributed by atoms with Crippen molar-refractivity contribution in [1.82, 2.24) is 0 Å². The average molecular weight is 300 g/mol. The Morgan fingerprint density at radius 2 is 1.94 bits per heavy atom. The van der Waals surface area contributed by atoms with Crippen LogP contribution in [0.5, 0.6) is 0 Å². The van der Waals surface area contributed by atoms with Crippen LogP contribution in [0, 0.1) is 13.8 Å². The Balaban J connectivity index is 2.65. The van der Waals surface area contributed by atoms with Crippen molar-refractivity contribution >= 4 is 27.5 Å². The van der Waals surface area contributed by atoms with Crippen LogP contribution in [0.15, 0.2) is 16.6 Å². The number of benzene rings is 1. The van der Waals surface area contributed by atoms with Gasteiger partial charge in [0.25, 0.3) is 0 Å². The maximum atomic E-state index is 11.6. The van der Waals surface area contributed by atoms with Crippen LogP contribution in [0.2, 0.25) is 0 Å². The Labute approximate surface area is 111 Å². The molecule has 0 aromatic heterocycles. The number of carbonyl (C=O) groups excluding carboxylic acids is 1. The highest BCUT2D eigenvalue weighted by atomic mass is 79.9. The van der Waals surface area contributed by atoms with Gasteiger partial charge in [0, 0.05) is 16.8 Å². The van der Waals surface area contributed by atoms with E-state index in [4.69, 9.17) is 4.74 Å². The van der Waals surface area contributed by atoms with Crippen molar-refractivity contribution in [3.63, 3.8) is 0 Å². The number of carbonyl (C=O) groups is 1. The fourth-order valence-corrected chi connectivity index (χ4v) is 2.28. The van der Waals surface area contributed by atoms with Gasteiger partial charge in [-0.15, -0.1) is 0 Å². The molecule has 1 aromatic carbocycles. The molecule has 4 heteroatoms. The number of rotatable bonds is 5. The number of halogens is 1. The van der Waals surface area contributed by atoms with E-state index in [9.17, 15) is 4.79 Å². The molecule has 0 aliphatic heterocycles. The molecule has 1 amide bonds. The van der Waals surface area contributed by atoms with Crippen molar-refractivity contribution in [1.29, 1.82) is 0 Å². The first-order valence-electron chi connectivity index (χ1n) is 5.69. The lowest BCUT2D eigenvalue weighted by Gasteiger charge is -2.12. The molecule has 17 heavy (non-hydrogen) atoms. The fourth-order valence-electron chi connectivity index (χ4n) is 1.59. The number of hydrogen-bond acceptors (Lipinski definition) is 2. The number of nitrogens with one attached hydrogen (secondary N) is 1. The van der Waals surface area contributed by atoms with E-state index in [1.807, 2.05) is 32.9 Å². The molecule has 0 unspecified atom stereocenters. The van der Waals surface area contributed by atoms with Gasteiger partial charge < -0.3 is 10.1 Å². The van der Waals surface area contributed by atoms with E-state index in [2.05, 4.69) is 21.2 Å². The summed E-state index contributed by atoms with van der Waals surface area (Å²) in [4.78, 5) is 11.6. The van der Waals surface area contributed by atoms with Crippen molar-refractivity contribution in [3.05, 3.63) is 27.7 Å². The van der Waals surface area contributed by atoms with E-state index >= 15 is 0 Å².